The average molecular weight is 353 g/mol. The molecule has 25 heavy (non-hydrogen) atoms. The molecule has 0 saturated carbocycles. The number of hydrogen-bond donors (Lipinski definition) is 2. The molecule has 0 bridgehead atoms. The first-order valence-electron chi connectivity index (χ1n) is 8.45. The number of imidazole rings is 1. The Hall–Kier alpha value is -1.93. The minimum Gasteiger partial charge on any atom is -0.333 e. The molecule has 0 radical (unpaired) electrons. The molecule has 2 aromatic heterocycles. The van der Waals surface area contributed by atoms with Crippen LogP contribution in [0.2, 0.25) is 0 Å². The third-order valence-corrected chi connectivity index (χ3v) is 4.46. The van der Waals surface area contributed by atoms with Crippen LogP contribution < -0.4 is 10.6 Å². The quantitative estimate of drug-likeness (QED) is 0.868. The third-order valence-electron chi connectivity index (χ3n) is 4.46. The van der Waals surface area contributed by atoms with Crippen molar-refractivity contribution < 1.29 is 13.2 Å². The van der Waals surface area contributed by atoms with Crippen molar-refractivity contribution in [1.29, 1.82) is 0 Å². The molecular weight excluding hydrogens is 331 g/mol. The summed E-state index contributed by atoms with van der Waals surface area (Å²) in [5, 5.41) is 6.43. The molecule has 1 aliphatic rings. The van der Waals surface area contributed by atoms with E-state index in [2.05, 4.69) is 20.2 Å². The van der Waals surface area contributed by atoms with E-state index in [0.717, 1.165) is 50.9 Å². The SMILES string of the molecule is CNCCn1cc(-c2ccnc(C(F)(F)F)c2)nc1C1CCNCC1. The standard InChI is InChI=1S/C17H22F3N5/c1-21-8-9-25-11-14(24-16(25)12-2-5-22-6-3-12)13-4-7-23-15(10-13)17(18,19)20/h4,7,10-12,21-22H,2-3,5-6,8-9H2,1H3. The van der Waals surface area contributed by atoms with Crippen LogP contribution in [0.25, 0.3) is 11.3 Å². The predicted molar refractivity (Wildman–Crippen MR) is 89.2 cm³/mol. The summed E-state index contributed by atoms with van der Waals surface area (Å²) in [6.07, 6.45) is 0.558. The number of pyridine rings is 1. The van der Waals surface area contributed by atoms with Gasteiger partial charge >= 0.3 is 6.18 Å². The number of nitrogens with one attached hydrogen (secondary N) is 2. The summed E-state index contributed by atoms with van der Waals surface area (Å²) in [6.45, 7) is 3.39. The van der Waals surface area contributed by atoms with Crippen molar-refractivity contribution in [2.24, 2.45) is 0 Å². The molecule has 1 aliphatic heterocycles. The van der Waals surface area contributed by atoms with E-state index in [1.807, 2.05) is 13.2 Å². The normalized spacial score (nSPS) is 16.3. The number of likely N-dealkylation sites (N-methyl/N-ethyl adjacent to an activating group) is 1. The van der Waals surface area contributed by atoms with Crippen LogP contribution in [-0.4, -0.2) is 41.2 Å². The van der Waals surface area contributed by atoms with Gasteiger partial charge < -0.3 is 15.2 Å². The summed E-state index contributed by atoms with van der Waals surface area (Å²) in [4.78, 5) is 8.12. The molecule has 0 amide bonds. The number of hydrogen-bond acceptors (Lipinski definition) is 4. The Balaban J connectivity index is 1.95. The summed E-state index contributed by atoms with van der Waals surface area (Å²) in [5.74, 6) is 1.29. The van der Waals surface area contributed by atoms with Crippen molar-refractivity contribution in [3.8, 4) is 11.3 Å². The van der Waals surface area contributed by atoms with Gasteiger partial charge in [0, 0.05) is 37.0 Å². The van der Waals surface area contributed by atoms with Crippen molar-refractivity contribution in [2.45, 2.75) is 31.5 Å². The van der Waals surface area contributed by atoms with E-state index in [4.69, 9.17) is 4.98 Å². The van der Waals surface area contributed by atoms with Gasteiger partial charge in [-0.15, -0.1) is 0 Å². The van der Waals surface area contributed by atoms with E-state index in [1.54, 1.807) is 6.07 Å². The van der Waals surface area contributed by atoms with Gasteiger partial charge in [-0.3, -0.25) is 4.98 Å². The third kappa shape index (κ3) is 4.19. The highest BCUT2D eigenvalue weighted by atomic mass is 19.4. The first-order chi connectivity index (χ1) is 12.0. The number of rotatable bonds is 5. The zero-order valence-corrected chi connectivity index (χ0v) is 14.1. The minimum absolute atomic E-state index is 0.329. The summed E-state index contributed by atoms with van der Waals surface area (Å²) in [7, 11) is 1.88. The van der Waals surface area contributed by atoms with Crippen LogP contribution in [0, 0.1) is 0 Å². The molecule has 0 aliphatic carbocycles. The van der Waals surface area contributed by atoms with Gasteiger partial charge in [0.15, 0.2) is 0 Å². The van der Waals surface area contributed by atoms with E-state index in [1.165, 1.54) is 6.20 Å². The Morgan fingerprint density at radius 1 is 1.32 bits per heavy atom. The van der Waals surface area contributed by atoms with Gasteiger partial charge in [-0.25, -0.2) is 4.98 Å². The van der Waals surface area contributed by atoms with Gasteiger partial charge in [0.25, 0.3) is 0 Å². The first kappa shape index (κ1) is 17.9. The zero-order valence-electron chi connectivity index (χ0n) is 14.1. The second kappa shape index (κ2) is 7.53. The second-order valence-electron chi connectivity index (χ2n) is 6.23. The molecule has 0 atom stereocenters. The molecule has 2 N–H and O–H groups in total. The van der Waals surface area contributed by atoms with Gasteiger partial charge in [-0.1, -0.05) is 0 Å². The lowest BCUT2D eigenvalue weighted by molar-refractivity contribution is -0.141. The molecule has 3 heterocycles. The Labute approximate surface area is 144 Å². The van der Waals surface area contributed by atoms with Gasteiger partial charge in [-0.2, -0.15) is 13.2 Å². The van der Waals surface area contributed by atoms with Crippen molar-refractivity contribution in [1.82, 2.24) is 25.2 Å². The fourth-order valence-electron chi connectivity index (χ4n) is 3.13. The Bertz CT molecular complexity index is 705. The highest BCUT2D eigenvalue weighted by Crippen LogP contribution is 2.32. The van der Waals surface area contributed by atoms with Gasteiger partial charge in [0.1, 0.15) is 11.5 Å². The summed E-state index contributed by atoms with van der Waals surface area (Å²) >= 11 is 0. The van der Waals surface area contributed by atoms with Crippen LogP contribution >= 0.6 is 0 Å². The lowest BCUT2D eigenvalue weighted by Crippen LogP contribution is -2.28. The van der Waals surface area contributed by atoms with Gasteiger partial charge in [0.05, 0.1) is 5.69 Å². The highest BCUT2D eigenvalue weighted by Gasteiger charge is 2.32. The number of nitrogens with zero attached hydrogens (tertiary/aromatic N) is 3. The second-order valence-corrected chi connectivity index (χ2v) is 6.23. The fourth-order valence-corrected chi connectivity index (χ4v) is 3.13. The molecular formula is C17H22F3N5. The van der Waals surface area contributed by atoms with Gasteiger partial charge in [0.2, 0.25) is 0 Å². The molecule has 0 aromatic carbocycles. The Morgan fingerprint density at radius 2 is 2.08 bits per heavy atom. The maximum atomic E-state index is 12.9. The fraction of sp³-hybridized carbons (Fsp3) is 0.529. The van der Waals surface area contributed by atoms with Crippen molar-refractivity contribution >= 4 is 0 Å². The van der Waals surface area contributed by atoms with E-state index in [-0.39, 0.29) is 0 Å². The zero-order chi connectivity index (χ0) is 17.9. The molecule has 1 saturated heterocycles. The molecule has 3 rings (SSSR count). The Kier molecular flexibility index (Phi) is 5.39. The molecule has 0 unspecified atom stereocenters. The molecule has 5 nitrogen and oxygen atoms in total. The van der Waals surface area contributed by atoms with Crippen molar-refractivity contribution in [3.63, 3.8) is 0 Å². The van der Waals surface area contributed by atoms with Crippen LogP contribution in [0.15, 0.2) is 24.5 Å². The lowest BCUT2D eigenvalue weighted by atomic mass is 9.97. The van der Waals surface area contributed by atoms with E-state index >= 15 is 0 Å². The topological polar surface area (TPSA) is 54.8 Å². The first-order valence-corrected chi connectivity index (χ1v) is 8.45. The summed E-state index contributed by atoms with van der Waals surface area (Å²) < 4.78 is 40.8. The van der Waals surface area contributed by atoms with E-state index in [9.17, 15) is 13.2 Å². The van der Waals surface area contributed by atoms with Crippen LogP contribution in [0.4, 0.5) is 13.2 Å². The largest absolute Gasteiger partial charge is 0.433 e. The summed E-state index contributed by atoms with van der Waals surface area (Å²) in [5.41, 5.74) is 0.122. The molecule has 8 heteroatoms. The lowest BCUT2D eigenvalue weighted by Gasteiger charge is -2.23. The van der Waals surface area contributed by atoms with Crippen LogP contribution in [0.5, 0.6) is 0 Å². The number of alkyl halides is 3. The van der Waals surface area contributed by atoms with E-state index in [0.29, 0.717) is 17.2 Å². The monoisotopic (exact) mass is 353 g/mol. The molecule has 1 fully saturated rings. The number of piperidine rings is 1. The van der Waals surface area contributed by atoms with Crippen LogP contribution in [0.3, 0.4) is 0 Å². The summed E-state index contributed by atoms with van der Waals surface area (Å²) in [6, 6.07) is 2.64. The van der Waals surface area contributed by atoms with Crippen molar-refractivity contribution in [3.05, 3.63) is 36.0 Å². The highest BCUT2D eigenvalue weighted by molar-refractivity contribution is 5.59. The number of halogens is 3. The molecule has 2 aromatic rings. The predicted octanol–water partition coefficient (Wildman–Crippen LogP) is 2.65. The smallest absolute Gasteiger partial charge is 0.333 e. The average Bonchev–Trinajstić information content (AvgIpc) is 3.04. The number of aromatic nitrogens is 3. The van der Waals surface area contributed by atoms with E-state index < -0.39 is 11.9 Å². The molecule has 136 valence electrons. The Morgan fingerprint density at radius 3 is 2.76 bits per heavy atom. The maximum Gasteiger partial charge on any atom is 0.433 e. The minimum atomic E-state index is -4.46. The maximum absolute atomic E-state index is 12.9. The van der Waals surface area contributed by atoms with Crippen LogP contribution in [0.1, 0.15) is 30.3 Å². The van der Waals surface area contributed by atoms with Gasteiger partial charge in [-0.05, 0) is 45.1 Å². The molecule has 0 spiro atoms. The van der Waals surface area contributed by atoms with Crippen LogP contribution in [-0.2, 0) is 12.7 Å². The van der Waals surface area contributed by atoms with Crippen molar-refractivity contribution in [2.75, 3.05) is 26.7 Å².